The molecule has 1 atom stereocenters. The molecule has 0 spiro atoms. The van der Waals surface area contributed by atoms with E-state index in [2.05, 4.69) is 5.32 Å². The molecular weight excluding hydrogens is 430 g/mol. The summed E-state index contributed by atoms with van der Waals surface area (Å²) in [5, 5.41) is 2.52. The molecular formula is C23H24N3O5S-. The van der Waals surface area contributed by atoms with Crippen LogP contribution in [0.25, 0.3) is 0 Å². The highest BCUT2D eigenvalue weighted by Crippen LogP contribution is 2.24. The molecule has 0 aliphatic heterocycles. The van der Waals surface area contributed by atoms with Gasteiger partial charge < -0.3 is 19.2 Å². The fourth-order valence-electron chi connectivity index (χ4n) is 3.33. The summed E-state index contributed by atoms with van der Waals surface area (Å²) < 4.78 is 32.3. The lowest BCUT2D eigenvalue weighted by molar-refractivity contribution is 0.0948. The van der Waals surface area contributed by atoms with E-state index >= 15 is 0 Å². The van der Waals surface area contributed by atoms with Crippen LogP contribution in [0.2, 0.25) is 0 Å². The maximum Gasteiger partial charge on any atom is 0.271 e. The number of amides is 1. The second-order valence-electron chi connectivity index (χ2n) is 7.13. The van der Waals surface area contributed by atoms with Gasteiger partial charge in [0.2, 0.25) is 5.43 Å². The Hall–Kier alpha value is -3.43. The normalized spacial score (nSPS) is 11.6. The molecule has 1 amide bonds. The Balaban J connectivity index is 2.03. The van der Waals surface area contributed by atoms with Gasteiger partial charge in [-0.2, -0.15) is 0 Å². The van der Waals surface area contributed by atoms with Crippen molar-refractivity contribution in [3.05, 3.63) is 93.4 Å². The molecule has 168 valence electrons. The predicted molar refractivity (Wildman–Crippen MR) is 122 cm³/mol. The Morgan fingerprint density at radius 1 is 1.16 bits per heavy atom. The first-order valence-electron chi connectivity index (χ1n) is 9.87. The van der Waals surface area contributed by atoms with Crippen molar-refractivity contribution in [3.8, 4) is 5.75 Å². The topological polar surface area (TPSA) is 104 Å². The van der Waals surface area contributed by atoms with Gasteiger partial charge in [-0.15, -0.1) is 0 Å². The Morgan fingerprint density at radius 2 is 1.81 bits per heavy atom. The number of benzene rings is 2. The lowest BCUT2D eigenvalue weighted by Crippen LogP contribution is -2.32. The van der Waals surface area contributed by atoms with E-state index in [9.17, 15) is 18.4 Å². The summed E-state index contributed by atoms with van der Waals surface area (Å²) in [6.07, 6.45) is 0. The van der Waals surface area contributed by atoms with Crippen LogP contribution in [0.3, 0.4) is 0 Å². The van der Waals surface area contributed by atoms with E-state index in [1.54, 1.807) is 32.2 Å². The highest BCUT2D eigenvalue weighted by atomic mass is 32.2. The van der Waals surface area contributed by atoms with E-state index in [4.69, 9.17) is 4.74 Å². The quantitative estimate of drug-likeness (QED) is 0.527. The van der Waals surface area contributed by atoms with Gasteiger partial charge in [-0.3, -0.25) is 18.1 Å². The van der Waals surface area contributed by atoms with Crippen molar-refractivity contribution in [1.29, 1.82) is 0 Å². The smallest absolute Gasteiger partial charge is 0.271 e. The SMILES string of the molecule is CNC(=O)c1c(OCc2ccccc2)c(=O)cc(CN(c2ccccc2C)S(=O)[O-])n1C. The average molecular weight is 455 g/mol. The molecule has 0 radical (unpaired) electrons. The Bertz CT molecular complexity index is 1190. The van der Waals surface area contributed by atoms with E-state index in [0.717, 1.165) is 15.4 Å². The number of nitrogens with zero attached hydrogens (tertiary/aromatic N) is 2. The van der Waals surface area contributed by atoms with E-state index in [0.29, 0.717) is 11.4 Å². The van der Waals surface area contributed by atoms with Crippen LogP contribution in [0.1, 0.15) is 27.3 Å². The highest BCUT2D eigenvalue weighted by Gasteiger charge is 2.22. The summed E-state index contributed by atoms with van der Waals surface area (Å²) in [7, 11) is 3.05. The first-order valence-corrected chi connectivity index (χ1v) is 10.9. The van der Waals surface area contributed by atoms with Gasteiger partial charge >= 0.3 is 0 Å². The van der Waals surface area contributed by atoms with Crippen molar-refractivity contribution in [3.63, 3.8) is 0 Å². The number of ether oxygens (including phenoxy) is 1. The van der Waals surface area contributed by atoms with Crippen LogP contribution in [0.15, 0.2) is 65.5 Å². The molecule has 0 fully saturated rings. The predicted octanol–water partition coefficient (Wildman–Crippen LogP) is 2.43. The van der Waals surface area contributed by atoms with Gasteiger partial charge in [-0.25, -0.2) is 0 Å². The summed E-state index contributed by atoms with van der Waals surface area (Å²) in [5.41, 5.74) is 1.94. The van der Waals surface area contributed by atoms with Crippen LogP contribution in [0.4, 0.5) is 5.69 Å². The minimum Gasteiger partial charge on any atom is -0.755 e. The zero-order chi connectivity index (χ0) is 23.3. The Morgan fingerprint density at radius 3 is 2.44 bits per heavy atom. The third kappa shape index (κ3) is 5.06. The third-order valence-electron chi connectivity index (χ3n) is 5.04. The largest absolute Gasteiger partial charge is 0.755 e. The van der Waals surface area contributed by atoms with Crippen molar-refractivity contribution in [2.24, 2.45) is 7.05 Å². The van der Waals surface area contributed by atoms with Gasteiger partial charge in [0.15, 0.2) is 11.4 Å². The van der Waals surface area contributed by atoms with Crippen LogP contribution >= 0.6 is 0 Å². The molecule has 8 nitrogen and oxygen atoms in total. The maximum absolute atomic E-state index is 12.9. The second-order valence-corrected chi connectivity index (χ2v) is 8.01. The number of para-hydroxylation sites is 1. The standard InChI is InChI=1S/C23H25N3O5S/c1-16-9-7-8-12-19(16)26(32(29)30)14-18-13-20(27)22(21(25(18)3)23(28)24-2)31-15-17-10-5-4-6-11-17/h4-13H,14-15H2,1-3H3,(H,24,28)(H,29,30)/p-1. The first-order chi connectivity index (χ1) is 15.3. The maximum atomic E-state index is 12.9. The number of carbonyl (C=O) groups excluding carboxylic acids is 1. The molecule has 1 heterocycles. The lowest BCUT2D eigenvalue weighted by Gasteiger charge is -2.29. The summed E-state index contributed by atoms with van der Waals surface area (Å²) >= 11 is -2.60. The number of pyridine rings is 1. The van der Waals surface area contributed by atoms with Crippen molar-refractivity contribution in [1.82, 2.24) is 9.88 Å². The van der Waals surface area contributed by atoms with Crippen LogP contribution < -0.4 is 19.8 Å². The minimum atomic E-state index is -2.60. The van der Waals surface area contributed by atoms with E-state index in [1.807, 2.05) is 36.4 Å². The van der Waals surface area contributed by atoms with Crippen molar-refractivity contribution < 1.29 is 18.3 Å². The van der Waals surface area contributed by atoms with Crippen molar-refractivity contribution >= 4 is 22.9 Å². The van der Waals surface area contributed by atoms with Crippen molar-refractivity contribution in [2.75, 3.05) is 11.4 Å². The number of hydrogen-bond acceptors (Lipinski definition) is 5. The number of carbonyl (C=O) groups is 1. The number of aromatic nitrogens is 1. The van der Waals surface area contributed by atoms with Gasteiger partial charge in [0.05, 0.1) is 12.2 Å². The molecule has 0 aliphatic rings. The molecule has 32 heavy (non-hydrogen) atoms. The Labute approximate surface area is 188 Å². The fraction of sp³-hybridized carbons (Fsp3) is 0.217. The molecule has 2 aromatic carbocycles. The van der Waals surface area contributed by atoms with Gasteiger partial charge in [0.25, 0.3) is 5.91 Å². The van der Waals surface area contributed by atoms with Crippen LogP contribution in [0.5, 0.6) is 5.75 Å². The molecule has 1 aromatic heterocycles. The molecule has 3 aromatic rings. The summed E-state index contributed by atoms with van der Waals surface area (Å²) in [6, 6.07) is 17.6. The minimum absolute atomic E-state index is 0.0207. The first kappa shape index (κ1) is 23.2. The second kappa shape index (κ2) is 10.3. The molecule has 0 bridgehead atoms. The van der Waals surface area contributed by atoms with Gasteiger partial charge in [0.1, 0.15) is 6.61 Å². The fourth-order valence-corrected chi connectivity index (χ4v) is 3.93. The van der Waals surface area contributed by atoms with Gasteiger partial charge in [0, 0.05) is 37.1 Å². The number of hydrogen-bond donors (Lipinski definition) is 1. The molecule has 1 N–H and O–H groups in total. The molecule has 0 saturated carbocycles. The monoisotopic (exact) mass is 454 g/mol. The highest BCUT2D eigenvalue weighted by molar-refractivity contribution is 7.80. The summed E-state index contributed by atoms with van der Waals surface area (Å²) in [4.78, 5) is 25.5. The zero-order valence-corrected chi connectivity index (χ0v) is 18.8. The van der Waals surface area contributed by atoms with Crippen LogP contribution in [-0.4, -0.2) is 26.3 Å². The summed E-state index contributed by atoms with van der Waals surface area (Å²) in [5.74, 6) is -0.606. The lowest BCUT2D eigenvalue weighted by atomic mass is 10.2. The van der Waals surface area contributed by atoms with E-state index < -0.39 is 22.6 Å². The van der Waals surface area contributed by atoms with E-state index in [1.165, 1.54) is 17.7 Å². The molecule has 3 rings (SSSR count). The molecule has 9 heteroatoms. The Kier molecular flexibility index (Phi) is 7.45. The van der Waals surface area contributed by atoms with Gasteiger partial charge in [-0.05, 0) is 24.1 Å². The number of nitrogens with one attached hydrogen (secondary N) is 1. The molecule has 1 unspecified atom stereocenters. The number of aryl methyl sites for hydroxylation is 1. The van der Waals surface area contributed by atoms with E-state index in [-0.39, 0.29) is 24.6 Å². The molecule has 0 aliphatic carbocycles. The van der Waals surface area contributed by atoms with Crippen molar-refractivity contribution in [2.45, 2.75) is 20.1 Å². The zero-order valence-electron chi connectivity index (χ0n) is 18.0. The average Bonchev–Trinajstić information content (AvgIpc) is 2.79. The number of anilines is 1. The van der Waals surface area contributed by atoms with Crippen LogP contribution in [0, 0.1) is 6.92 Å². The van der Waals surface area contributed by atoms with Gasteiger partial charge in [-0.1, -0.05) is 48.5 Å². The molecule has 0 saturated heterocycles. The third-order valence-corrected chi connectivity index (χ3v) is 5.73. The number of rotatable bonds is 8. The van der Waals surface area contributed by atoms with Crippen LogP contribution in [-0.2, 0) is 31.5 Å². The summed E-state index contributed by atoms with van der Waals surface area (Å²) in [6.45, 7) is 1.78.